The van der Waals surface area contributed by atoms with Gasteiger partial charge in [-0.15, -0.1) is 0 Å². The summed E-state index contributed by atoms with van der Waals surface area (Å²) in [6.45, 7) is 12.2. The molecule has 18 nitrogen and oxygen atoms in total. The van der Waals surface area contributed by atoms with E-state index < -0.39 is 89.6 Å². The number of aromatic hydroxyl groups is 1. The minimum Gasteiger partial charge on any atom is -0.508 e. The third kappa shape index (κ3) is 13.0. The van der Waals surface area contributed by atoms with Crippen molar-refractivity contribution in [2.75, 3.05) is 6.54 Å². The number of phenolic OH excluding ortho intramolecular Hbond substituents is 1. The lowest BCUT2D eigenvalue weighted by atomic mass is 9.96. The van der Waals surface area contributed by atoms with Crippen LogP contribution in [0.2, 0.25) is 0 Å². The standard InChI is InChI=1S/C40H61N9O9/c1-8-22(5)32(47-35(52)28(17-25-12-14-27(50)15-13-25)44-37(54)31(21(3)4)46-34(51)24(7)41)38(55)45-29(18-26-19-42-20-43-26)39(56)49-16-10-11-30(49)36(53)48-33(40(57)58)23(6)9-2/h12-15,19-24,28-33,50H,8-11,16-18,41H2,1-7H3,(H,42,43)(H,44,54)(H,45,55)(H,46,51)(H,47,52)(H,48,53)(H,57,58). The minimum absolute atomic E-state index is 0.00330. The lowest BCUT2D eigenvalue weighted by Crippen LogP contribution is -2.61. The van der Waals surface area contributed by atoms with Crippen LogP contribution in [0, 0.1) is 17.8 Å². The molecule has 1 fully saturated rings. The van der Waals surface area contributed by atoms with E-state index in [0.29, 0.717) is 36.9 Å². The molecule has 320 valence electrons. The summed E-state index contributed by atoms with van der Waals surface area (Å²) in [6, 6.07) is -1.68. The number of nitrogens with two attached hydrogens (primary N) is 1. The summed E-state index contributed by atoms with van der Waals surface area (Å²) in [7, 11) is 0. The molecule has 1 aliphatic rings. The second kappa shape index (κ2) is 21.9. The molecule has 1 saturated heterocycles. The van der Waals surface area contributed by atoms with Crippen molar-refractivity contribution >= 4 is 41.4 Å². The molecule has 1 aliphatic heterocycles. The maximum absolute atomic E-state index is 14.3. The van der Waals surface area contributed by atoms with E-state index in [9.17, 15) is 43.8 Å². The van der Waals surface area contributed by atoms with Crippen molar-refractivity contribution in [2.24, 2.45) is 23.5 Å². The molecule has 18 heteroatoms. The number of hydrogen-bond acceptors (Lipinski definition) is 10. The number of aromatic nitrogens is 2. The van der Waals surface area contributed by atoms with E-state index in [4.69, 9.17) is 5.73 Å². The van der Waals surface area contributed by atoms with Gasteiger partial charge in [0.25, 0.3) is 0 Å². The Labute approximate surface area is 339 Å². The zero-order valence-electron chi connectivity index (χ0n) is 34.4. The molecular weight excluding hydrogens is 750 g/mol. The van der Waals surface area contributed by atoms with Crippen LogP contribution in [0.25, 0.3) is 0 Å². The zero-order valence-corrected chi connectivity index (χ0v) is 34.4. The van der Waals surface area contributed by atoms with Crippen molar-refractivity contribution in [3.05, 3.63) is 48.0 Å². The fourth-order valence-corrected chi connectivity index (χ4v) is 6.63. The summed E-state index contributed by atoms with van der Waals surface area (Å²) in [6.07, 6.45) is 4.54. The third-order valence-corrected chi connectivity index (χ3v) is 10.7. The van der Waals surface area contributed by atoms with Gasteiger partial charge in [0.1, 0.15) is 42.0 Å². The Morgan fingerprint density at radius 2 is 1.38 bits per heavy atom. The van der Waals surface area contributed by atoms with Crippen LogP contribution < -0.4 is 32.3 Å². The smallest absolute Gasteiger partial charge is 0.326 e. The lowest BCUT2D eigenvalue weighted by Gasteiger charge is -2.32. The average molecular weight is 812 g/mol. The lowest BCUT2D eigenvalue weighted by molar-refractivity contribution is -0.146. The van der Waals surface area contributed by atoms with Gasteiger partial charge < -0.3 is 52.4 Å². The van der Waals surface area contributed by atoms with E-state index in [1.54, 1.807) is 39.8 Å². The number of nitrogens with one attached hydrogen (secondary N) is 6. The monoisotopic (exact) mass is 811 g/mol. The Morgan fingerprint density at radius 3 is 1.93 bits per heavy atom. The van der Waals surface area contributed by atoms with Gasteiger partial charge in [-0.3, -0.25) is 28.8 Å². The first-order valence-corrected chi connectivity index (χ1v) is 19.9. The second-order valence-corrected chi connectivity index (χ2v) is 15.6. The van der Waals surface area contributed by atoms with Crippen LogP contribution >= 0.6 is 0 Å². The van der Waals surface area contributed by atoms with E-state index in [0.717, 1.165) is 0 Å². The highest BCUT2D eigenvalue weighted by Crippen LogP contribution is 2.21. The third-order valence-electron chi connectivity index (χ3n) is 10.7. The molecule has 3 rings (SSSR count). The zero-order chi connectivity index (χ0) is 43.3. The summed E-state index contributed by atoms with van der Waals surface area (Å²) in [5.74, 6) is -6.20. The molecule has 2 heterocycles. The van der Waals surface area contributed by atoms with Crippen LogP contribution in [0.4, 0.5) is 0 Å². The summed E-state index contributed by atoms with van der Waals surface area (Å²) in [4.78, 5) is 103. The number of carboxylic acids is 1. The SMILES string of the molecule is CCC(C)C(NC(=O)C1CCCN1C(=O)C(Cc1cnc[nH]1)NC(=O)C(NC(=O)C(Cc1ccc(O)cc1)NC(=O)C(NC(=O)C(C)N)C(C)C)C(C)CC)C(=O)O. The predicted molar refractivity (Wildman–Crippen MR) is 214 cm³/mol. The Hall–Kier alpha value is -5.52. The van der Waals surface area contributed by atoms with Crippen molar-refractivity contribution in [1.82, 2.24) is 41.5 Å². The van der Waals surface area contributed by atoms with E-state index in [2.05, 4.69) is 36.6 Å². The number of likely N-dealkylation sites (tertiary alicyclic amines) is 1. The van der Waals surface area contributed by atoms with Gasteiger partial charge in [-0.1, -0.05) is 66.5 Å². The normalized spacial score (nSPS) is 18.1. The van der Waals surface area contributed by atoms with Crippen LogP contribution in [-0.4, -0.2) is 115 Å². The van der Waals surface area contributed by atoms with Crippen molar-refractivity contribution in [3.8, 4) is 5.75 Å². The molecule has 0 aliphatic carbocycles. The van der Waals surface area contributed by atoms with Crippen molar-refractivity contribution in [1.29, 1.82) is 0 Å². The molecule has 1 aromatic heterocycles. The highest BCUT2D eigenvalue weighted by molar-refractivity contribution is 5.97. The van der Waals surface area contributed by atoms with Crippen molar-refractivity contribution in [2.45, 2.75) is 129 Å². The van der Waals surface area contributed by atoms with Crippen molar-refractivity contribution in [3.63, 3.8) is 0 Å². The number of carboxylic acid groups (broad SMARTS) is 1. The largest absolute Gasteiger partial charge is 0.508 e. The molecule has 10 N–H and O–H groups in total. The number of hydrogen-bond donors (Lipinski definition) is 9. The molecule has 6 amide bonds. The van der Waals surface area contributed by atoms with E-state index in [1.807, 2.05) is 13.8 Å². The molecular formula is C40H61N9O9. The van der Waals surface area contributed by atoms with E-state index in [1.165, 1.54) is 36.5 Å². The molecule has 0 spiro atoms. The van der Waals surface area contributed by atoms with Gasteiger partial charge in [0.2, 0.25) is 35.4 Å². The first-order valence-electron chi connectivity index (χ1n) is 19.9. The number of H-pyrrole nitrogens is 1. The number of aliphatic carboxylic acids is 1. The summed E-state index contributed by atoms with van der Waals surface area (Å²) in [5, 5.41) is 33.2. The number of imidazole rings is 1. The number of benzene rings is 1. The van der Waals surface area contributed by atoms with Crippen LogP contribution in [0.1, 0.15) is 85.4 Å². The first-order chi connectivity index (χ1) is 27.4. The van der Waals surface area contributed by atoms with E-state index in [-0.39, 0.29) is 37.0 Å². The van der Waals surface area contributed by atoms with Crippen LogP contribution in [-0.2, 0) is 46.4 Å². The quantitative estimate of drug-likeness (QED) is 0.0837. The topological polar surface area (TPSA) is 278 Å². The van der Waals surface area contributed by atoms with Gasteiger partial charge in [-0.2, -0.15) is 0 Å². The molecule has 9 unspecified atom stereocenters. The highest BCUT2D eigenvalue weighted by Gasteiger charge is 2.41. The molecule has 0 bridgehead atoms. The van der Waals surface area contributed by atoms with Gasteiger partial charge in [-0.25, -0.2) is 9.78 Å². The molecule has 0 radical (unpaired) electrons. The predicted octanol–water partition coefficient (Wildman–Crippen LogP) is 0.496. The van der Waals surface area contributed by atoms with E-state index >= 15 is 0 Å². The second-order valence-electron chi connectivity index (χ2n) is 15.6. The Kier molecular flexibility index (Phi) is 17.7. The molecule has 1 aromatic carbocycles. The summed E-state index contributed by atoms with van der Waals surface area (Å²) < 4.78 is 0. The van der Waals surface area contributed by atoms with Gasteiger partial charge >= 0.3 is 5.97 Å². The van der Waals surface area contributed by atoms with Gasteiger partial charge in [-0.05, 0) is 55.2 Å². The Balaban J connectivity index is 1.91. The number of rotatable bonds is 21. The van der Waals surface area contributed by atoms with Gasteiger partial charge in [0, 0.05) is 31.3 Å². The maximum Gasteiger partial charge on any atom is 0.326 e. The summed E-state index contributed by atoms with van der Waals surface area (Å²) >= 11 is 0. The van der Waals surface area contributed by atoms with Crippen LogP contribution in [0.5, 0.6) is 5.75 Å². The maximum atomic E-state index is 14.3. The molecule has 2 aromatic rings. The minimum atomic E-state index is -1.25. The van der Waals surface area contributed by atoms with Crippen LogP contribution in [0.3, 0.4) is 0 Å². The number of phenols is 1. The molecule has 9 atom stereocenters. The van der Waals surface area contributed by atoms with Gasteiger partial charge in [0.15, 0.2) is 0 Å². The number of carbonyl (C=O) groups is 7. The molecule has 58 heavy (non-hydrogen) atoms. The highest BCUT2D eigenvalue weighted by atomic mass is 16.4. The van der Waals surface area contributed by atoms with Crippen LogP contribution in [0.15, 0.2) is 36.8 Å². The Morgan fingerprint density at radius 1 is 0.793 bits per heavy atom. The Bertz CT molecular complexity index is 1720. The fraction of sp³-hybridized carbons (Fsp3) is 0.600. The summed E-state index contributed by atoms with van der Waals surface area (Å²) in [5.41, 5.74) is 6.82. The van der Waals surface area contributed by atoms with Crippen molar-refractivity contribution < 1.29 is 43.8 Å². The van der Waals surface area contributed by atoms with Gasteiger partial charge in [0.05, 0.1) is 12.4 Å². The fourth-order valence-electron chi connectivity index (χ4n) is 6.63. The first kappa shape index (κ1) is 46.9. The average Bonchev–Trinajstić information content (AvgIpc) is 3.90. The molecule has 0 saturated carbocycles. The number of nitrogens with zero attached hydrogens (tertiary/aromatic N) is 2. The number of amides is 6. The number of aromatic amines is 1. The number of carbonyl (C=O) groups excluding carboxylic acids is 6.